The molecule has 218 valence electrons. The molecule has 0 amide bonds. The van der Waals surface area contributed by atoms with E-state index in [-0.39, 0.29) is 19.6 Å². The van der Waals surface area contributed by atoms with Gasteiger partial charge in [-0.25, -0.2) is 9.86 Å². The second-order valence-electron chi connectivity index (χ2n) is 9.27. The van der Waals surface area contributed by atoms with Gasteiger partial charge >= 0.3 is 6.18 Å². The minimum Gasteiger partial charge on any atom is -0.494 e. The summed E-state index contributed by atoms with van der Waals surface area (Å²) in [5.74, 6) is 0.643. The Morgan fingerprint density at radius 2 is 1.85 bits per heavy atom. The van der Waals surface area contributed by atoms with E-state index >= 15 is 0 Å². The van der Waals surface area contributed by atoms with Crippen LogP contribution in [0.1, 0.15) is 42.1 Å². The fourth-order valence-electron chi connectivity index (χ4n) is 4.11. The van der Waals surface area contributed by atoms with Crippen molar-refractivity contribution < 1.29 is 46.0 Å². The Labute approximate surface area is 230 Å². The van der Waals surface area contributed by atoms with E-state index in [2.05, 4.69) is 9.46 Å². The maximum Gasteiger partial charge on any atom is 0.411 e. The van der Waals surface area contributed by atoms with Crippen molar-refractivity contribution in [3.05, 3.63) is 64.2 Å². The molecule has 0 radical (unpaired) electrons. The lowest BCUT2D eigenvalue weighted by Crippen LogP contribution is -2.45. The molecule has 3 rings (SSSR count). The number of nitrogens with one attached hydrogen (secondary N) is 1. The summed E-state index contributed by atoms with van der Waals surface area (Å²) in [6.45, 7) is -1.17. The lowest BCUT2D eigenvalue weighted by molar-refractivity contribution is -0.208. The highest BCUT2D eigenvalue weighted by Crippen LogP contribution is 2.34. The fourth-order valence-corrected chi connectivity index (χ4v) is 4.72. The van der Waals surface area contributed by atoms with Crippen LogP contribution in [0.3, 0.4) is 0 Å². The van der Waals surface area contributed by atoms with Crippen molar-refractivity contribution in [3.63, 3.8) is 0 Å². The normalized spacial score (nSPS) is 22.1. The van der Waals surface area contributed by atoms with Gasteiger partial charge in [0.1, 0.15) is 24.6 Å². The van der Waals surface area contributed by atoms with Gasteiger partial charge in [-0.2, -0.15) is 21.6 Å². The third-order valence-electron chi connectivity index (χ3n) is 5.98. The average molecular weight is 597 g/mol. The lowest BCUT2D eigenvalue weighted by atomic mass is 9.91. The van der Waals surface area contributed by atoms with E-state index in [9.17, 15) is 31.8 Å². The first-order valence-electron chi connectivity index (χ1n) is 12.2. The number of aliphatic hydroxyl groups excluding tert-OH is 2. The van der Waals surface area contributed by atoms with Crippen LogP contribution in [-0.2, 0) is 26.1 Å². The Kier molecular flexibility index (Phi) is 11.4. The first-order chi connectivity index (χ1) is 18.3. The number of alkyl halides is 3. The molecule has 1 aliphatic rings. The van der Waals surface area contributed by atoms with E-state index in [1.165, 1.54) is 0 Å². The molecule has 0 bridgehead atoms. The van der Waals surface area contributed by atoms with Gasteiger partial charge in [-0.05, 0) is 54.2 Å². The van der Waals surface area contributed by atoms with Crippen molar-refractivity contribution in [2.75, 3.05) is 26.4 Å². The zero-order chi connectivity index (χ0) is 28.6. The summed E-state index contributed by atoms with van der Waals surface area (Å²) in [5, 5.41) is 26.1. The minimum absolute atomic E-state index is 0.0586. The van der Waals surface area contributed by atoms with E-state index in [4.69, 9.17) is 26.2 Å². The van der Waals surface area contributed by atoms with Crippen LogP contribution < -0.4 is 14.6 Å². The molecule has 4 atom stereocenters. The average Bonchev–Trinajstić information content (AvgIpc) is 2.84. The third-order valence-corrected chi connectivity index (χ3v) is 6.95. The Balaban J connectivity index is 1.57. The summed E-state index contributed by atoms with van der Waals surface area (Å²) in [5.41, 5.74) is 2.17. The number of rotatable bonds is 13. The maximum atomic E-state index is 12.4. The first kappa shape index (κ1) is 31.6. The lowest BCUT2D eigenvalue weighted by Gasteiger charge is -2.37. The molecule has 39 heavy (non-hydrogen) atoms. The van der Waals surface area contributed by atoms with Gasteiger partial charge in [0.15, 0.2) is 0 Å². The van der Waals surface area contributed by atoms with Gasteiger partial charge in [-0.3, -0.25) is 0 Å². The molecule has 0 aromatic heterocycles. The van der Waals surface area contributed by atoms with E-state index < -0.39 is 47.4 Å². The highest BCUT2D eigenvalue weighted by atomic mass is 35.5. The topological polar surface area (TPSA) is 140 Å². The summed E-state index contributed by atoms with van der Waals surface area (Å²) in [6, 6.07) is 12.3. The molecule has 14 heteroatoms. The summed E-state index contributed by atoms with van der Waals surface area (Å²) in [4.78, 5) is 0. The van der Waals surface area contributed by atoms with Gasteiger partial charge in [0.05, 0.1) is 25.4 Å². The molecule has 0 spiro atoms. The zero-order valence-electron chi connectivity index (χ0n) is 20.9. The second-order valence-corrected chi connectivity index (χ2v) is 11.1. The molecule has 1 heterocycles. The standard InChI is InChI=1S/C25H32ClF3N2O7S/c26-21-8-5-17(24-23(33)22(32)13-20(38-24)14-36-15-25(27,28)29)12-18(21)11-16-3-6-19(7-4-16)37-10-2-1-9-31-39(30,34)35/h3-8,12,20,22-24,31-33H,1-2,9-11,13-15H2,(H2,30,34,35). The predicted octanol–water partition coefficient (Wildman–Crippen LogP) is 3.01. The smallest absolute Gasteiger partial charge is 0.411 e. The number of hydrogen-bond acceptors (Lipinski definition) is 7. The first-order valence-corrected chi connectivity index (χ1v) is 14.2. The van der Waals surface area contributed by atoms with Gasteiger partial charge in [0, 0.05) is 18.0 Å². The van der Waals surface area contributed by atoms with Crippen LogP contribution in [0.2, 0.25) is 5.02 Å². The van der Waals surface area contributed by atoms with E-state index in [0.29, 0.717) is 42.2 Å². The molecule has 5 N–H and O–H groups in total. The number of hydrogen-bond donors (Lipinski definition) is 4. The van der Waals surface area contributed by atoms with Crippen molar-refractivity contribution in [2.24, 2.45) is 5.14 Å². The van der Waals surface area contributed by atoms with Crippen molar-refractivity contribution >= 4 is 21.8 Å². The van der Waals surface area contributed by atoms with E-state index in [1.807, 2.05) is 12.1 Å². The number of ether oxygens (including phenoxy) is 3. The van der Waals surface area contributed by atoms with Gasteiger partial charge < -0.3 is 24.4 Å². The molecule has 1 aliphatic heterocycles. The summed E-state index contributed by atoms with van der Waals surface area (Å²) >= 11 is 6.41. The third kappa shape index (κ3) is 10.8. The highest BCUT2D eigenvalue weighted by Gasteiger charge is 2.38. The van der Waals surface area contributed by atoms with E-state index in [1.54, 1.807) is 30.3 Å². The van der Waals surface area contributed by atoms with Crippen LogP contribution >= 0.6 is 11.6 Å². The summed E-state index contributed by atoms with van der Waals surface area (Å²) in [7, 11) is -3.69. The quantitative estimate of drug-likeness (QED) is 0.261. The largest absolute Gasteiger partial charge is 0.494 e. The highest BCUT2D eigenvalue weighted by molar-refractivity contribution is 7.87. The Bertz CT molecular complexity index is 1170. The van der Waals surface area contributed by atoms with Gasteiger partial charge in [0.2, 0.25) is 0 Å². The number of unbranched alkanes of at least 4 members (excludes halogenated alkanes) is 1. The zero-order valence-corrected chi connectivity index (χ0v) is 22.5. The Morgan fingerprint density at radius 3 is 2.51 bits per heavy atom. The minimum atomic E-state index is -4.48. The number of benzene rings is 2. The Morgan fingerprint density at radius 1 is 1.13 bits per heavy atom. The molecule has 2 aromatic carbocycles. The molecule has 2 aromatic rings. The van der Waals surface area contributed by atoms with Gasteiger partial charge in [-0.1, -0.05) is 35.9 Å². The van der Waals surface area contributed by atoms with Crippen LogP contribution in [0.25, 0.3) is 0 Å². The fraction of sp³-hybridized carbons (Fsp3) is 0.520. The van der Waals surface area contributed by atoms with Crippen molar-refractivity contribution in [2.45, 2.75) is 56.3 Å². The van der Waals surface area contributed by atoms with Crippen molar-refractivity contribution in [1.82, 2.24) is 4.72 Å². The monoisotopic (exact) mass is 596 g/mol. The van der Waals surface area contributed by atoms with Crippen LogP contribution in [0, 0.1) is 0 Å². The molecule has 0 saturated carbocycles. The summed E-state index contributed by atoms with van der Waals surface area (Å²) < 4.78 is 77.3. The number of halogens is 4. The van der Waals surface area contributed by atoms with Crippen LogP contribution in [0.15, 0.2) is 42.5 Å². The SMILES string of the molecule is NS(=O)(=O)NCCCCOc1ccc(Cc2cc(C3OC(COCC(F)(F)F)CC(O)C3O)ccc2Cl)cc1. The molecular weight excluding hydrogens is 565 g/mol. The maximum absolute atomic E-state index is 12.4. The van der Waals surface area contributed by atoms with Crippen LogP contribution in [0.5, 0.6) is 5.75 Å². The number of nitrogens with two attached hydrogens (primary N) is 1. The van der Waals surface area contributed by atoms with Crippen molar-refractivity contribution in [1.29, 1.82) is 0 Å². The molecule has 4 unspecified atom stereocenters. The molecule has 9 nitrogen and oxygen atoms in total. The molecule has 0 aliphatic carbocycles. The van der Waals surface area contributed by atoms with Gasteiger partial charge in [0.25, 0.3) is 10.2 Å². The number of aliphatic hydroxyl groups is 2. The van der Waals surface area contributed by atoms with Crippen LogP contribution in [0.4, 0.5) is 13.2 Å². The molecule has 1 fully saturated rings. The van der Waals surface area contributed by atoms with Crippen molar-refractivity contribution in [3.8, 4) is 5.75 Å². The molecule has 1 saturated heterocycles. The second kappa shape index (κ2) is 14.1. The Hall–Kier alpha value is -1.97. The molecular formula is C25H32ClF3N2O7S. The van der Waals surface area contributed by atoms with Crippen LogP contribution in [-0.4, -0.2) is 69.5 Å². The van der Waals surface area contributed by atoms with Gasteiger partial charge in [-0.15, -0.1) is 0 Å². The van der Waals surface area contributed by atoms with E-state index in [0.717, 1.165) is 11.1 Å². The predicted molar refractivity (Wildman–Crippen MR) is 138 cm³/mol. The summed E-state index contributed by atoms with van der Waals surface area (Å²) in [6.07, 6.45) is -7.16.